The van der Waals surface area contributed by atoms with E-state index in [4.69, 9.17) is 0 Å². The summed E-state index contributed by atoms with van der Waals surface area (Å²) in [5, 5.41) is 0. The quantitative estimate of drug-likeness (QED) is 0.620. The molecule has 1 aliphatic rings. The van der Waals surface area contributed by atoms with Crippen LogP contribution in [0.5, 0.6) is 0 Å². The lowest BCUT2D eigenvalue weighted by atomic mass is 9.65. The molecule has 4 nitrogen and oxygen atoms in total. The third-order valence-corrected chi connectivity index (χ3v) is 4.77. The molecule has 0 bridgehead atoms. The monoisotopic (exact) mass is 328 g/mol. The third kappa shape index (κ3) is 4.54. The highest BCUT2D eigenvalue weighted by Crippen LogP contribution is 2.41. The van der Waals surface area contributed by atoms with Crippen molar-refractivity contribution in [2.45, 2.75) is 46.6 Å². The van der Waals surface area contributed by atoms with Crippen LogP contribution in [0.15, 0.2) is 42.5 Å². The number of rotatable bonds is 6. The lowest BCUT2D eigenvalue weighted by molar-refractivity contribution is -0.128. The Kier molecular flexibility index (Phi) is 5.94. The topological polar surface area (TPSA) is 58.2 Å². The van der Waals surface area contributed by atoms with Crippen LogP contribution >= 0.6 is 0 Å². The number of carbonyl (C=O) groups is 2. The molecule has 0 fully saturated rings. The van der Waals surface area contributed by atoms with E-state index in [0.29, 0.717) is 12.0 Å². The van der Waals surface area contributed by atoms with Gasteiger partial charge in [0.05, 0.1) is 0 Å². The molecular formula is C20H28N2O2. The second-order valence-corrected chi connectivity index (χ2v) is 7.49. The van der Waals surface area contributed by atoms with Gasteiger partial charge in [-0.05, 0) is 36.8 Å². The predicted molar refractivity (Wildman–Crippen MR) is 96.3 cm³/mol. The van der Waals surface area contributed by atoms with Gasteiger partial charge in [-0.25, -0.2) is 5.43 Å². The summed E-state index contributed by atoms with van der Waals surface area (Å²) in [5.41, 5.74) is 6.22. The highest BCUT2D eigenvalue weighted by molar-refractivity contribution is 5.93. The number of allylic oxidation sites excluding steroid dienone is 2. The van der Waals surface area contributed by atoms with Gasteiger partial charge in [0.2, 0.25) is 0 Å². The zero-order valence-electron chi connectivity index (χ0n) is 15.0. The molecule has 130 valence electrons. The summed E-state index contributed by atoms with van der Waals surface area (Å²) in [4.78, 5) is 24.8. The normalized spacial score (nSPS) is 23.5. The summed E-state index contributed by atoms with van der Waals surface area (Å²) in [6, 6.07) is 8.91. The molecule has 1 aliphatic carbocycles. The van der Waals surface area contributed by atoms with Crippen molar-refractivity contribution in [3.8, 4) is 0 Å². The van der Waals surface area contributed by atoms with Crippen molar-refractivity contribution in [1.82, 2.24) is 10.9 Å². The molecule has 0 saturated carbocycles. The maximum atomic E-state index is 12.8. The van der Waals surface area contributed by atoms with Crippen LogP contribution in [-0.4, -0.2) is 17.7 Å². The smallest absolute Gasteiger partial charge is 0.265 e. The fourth-order valence-corrected chi connectivity index (χ4v) is 3.60. The minimum absolute atomic E-state index is 0.0156. The fourth-order valence-electron chi connectivity index (χ4n) is 3.60. The van der Waals surface area contributed by atoms with E-state index in [2.05, 4.69) is 43.8 Å². The summed E-state index contributed by atoms with van der Waals surface area (Å²) in [5.74, 6) is 0.346. The number of Topliss-reactive ketones (excluding diaryl/α,β-unsaturated/α-hetero) is 1. The molecule has 1 amide bonds. The first-order valence-electron chi connectivity index (χ1n) is 8.61. The Morgan fingerprint density at radius 3 is 2.54 bits per heavy atom. The second kappa shape index (κ2) is 7.75. The number of nitrogens with one attached hydrogen (secondary N) is 2. The first-order valence-corrected chi connectivity index (χ1v) is 8.61. The van der Waals surface area contributed by atoms with Crippen LogP contribution in [0.1, 0.15) is 50.9 Å². The van der Waals surface area contributed by atoms with Crippen molar-refractivity contribution in [2.24, 2.45) is 17.3 Å². The fraction of sp³-hybridized carbons (Fsp3) is 0.500. The van der Waals surface area contributed by atoms with E-state index in [-0.39, 0.29) is 35.0 Å². The van der Waals surface area contributed by atoms with Gasteiger partial charge in [-0.1, -0.05) is 51.1 Å². The minimum Gasteiger partial charge on any atom is -0.299 e. The number of amides is 1. The molecule has 1 aromatic rings. The Morgan fingerprint density at radius 1 is 1.25 bits per heavy atom. The van der Waals surface area contributed by atoms with Gasteiger partial charge in [0.1, 0.15) is 5.78 Å². The van der Waals surface area contributed by atoms with E-state index in [1.165, 1.54) is 0 Å². The van der Waals surface area contributed by atoms with Gasteiger partial charge in [-0.2, -0.15) is 0 Å². The van der Waals surface area contributed by atoms with Crippen molar-refractivity contribution in [2.75, 3.05) is 0 Å². The standard InChI is InChI=1S/C20H28N2O2/c1-14-9-8-12-20(3,4)18(14)17(23)13-15(2)21-22-19(24)16-10-6-5-7-11-16/h5-11,14-15,18,21H,12-13H2,1-4H3,(H,22,24)/t14-,15+,18-/m0/s1. The van der Waals surface area contributed by atoms with Gasteiger partial charge >= 0.3 is 0 Å². The number of hydrazine groups is 1. The first kappa shape index (κ1) is 18.4. The third-order valence-electron chi connectivity index (χ3n) is 4.77. The van der Waals surface area contributed by atoms with Gasteiger partial charge in [0.25, 0.3) is 5.91 Å². The predicted octanol–water partition coefficient (Wildman–Crippen LogP) is 3.51. The maximum Gasteiger partial charge on any atom is 0.265 e. The van der Waals surface area contributed by atoms with Crippen molar-refractivity contribution < 1.29 is 9.59 Å². The molecule has 0 aromatic heterocycles. The number of carbonyl (C=O) groups excluding carboxylic acids is 2. The van der Waals surface area contributed by atoms with E-state index in [0.717, 1.165) is 6.42 Å². The first-order chi connectivity index (χ1) is 11.3. The van der Waals surface area contributed by atoms with Crippen molar-refractivity contribution in [3.63, 3.8) is 0 Å². The van der Waals surface area contributed by atoms with Gasteiger partial charge in [-0.3, -0.25) is 15.0 Å². The molecule has 24 heavy (non-hydrogen) atoms. The summed E-state index contributed by atoms with van der Waals surface area (Å²) >= 11 is 0. The van der Waals surface area contributed by atoms with Crippen molar-refractivity contribution in [1.29, 1.82) is 0 Å². The van der Waals surface area contributed by atoms with Gasteiger partial charge in [0.15, 0.2) is 0 Å². The van der Waals surface area contributed by atoms with Crippen molar-refractivity contribution in [3.05, 3.63) is 48.0 Å². The molecule has 0 unspecified atom stereocenters. The van der Waals surface area contributed by atoms with E-state index < -0.39 is 0 Å². The van der Waals surface area contributed by atoms with E-state index in [1.807, 2.05) is 25.1 Å². The highest BCUT2D eigenvalue weighted by atomic mass is 16.2. The molecule has 0 aliphatic heterocycles. The maximum absolute atomic E-state index is 12.8. The molecule has 2 N–H and O–H groups in total. The molecule has 0 saturated heterocycles. The summed E-state index contributed by atoms with van der Waals surface area (Å²) in [6.45, 7) is 8.34. The zero-order chi connectivity index (χ0) is 17.7. The SMILES string of the molecule is C[C@H](CC(=O)[C@@H]1[C@@H](C)C=CCC1(C)C)NNC(=O)c1ccccc1. The Balaban J connectivity index is 1.88. The number of hydrogen-bond acceptors (Lipinski definition) is 3. The minimum atomic E-state index is -0.191. The van der Waals surface area contributed by atoms with Gasteiger partial charge < -0.3 is 0 Å². The van der Waals surface area contributed by atoms with Gasteiger partial charge in [-0.15, -0.1) is 0 Å². The molecule has 1 aromatic carbocycles. The van der Waals surface area contributed by atoms with Crippen LogP contribution < -0.4 is 10.9 Å². The van der Waals surface area contributed by atoms with E-state index >= 15 is 0 Å². The van der Waals surface area contributed by atoms with Crippen molar-refractivity contribution >= 4 is 11.7 Å². The van der Waals surface area contributed by atoms with Crippen LogP contribution in [0.2, 0.25) is 0 Å². The number of hydrogen-bond donors (Lipinski definition) is 2. The number of ketones is 1. The summed E-state index contributed by atoms with van der Waals surface area (Å²) < 4.78 is 0. The van der Waals surface area contributed by atoms with Crippen LogP contribution in [0.4, 0.5) is 0 Å². The Bertz CT molecular complexity index is 607. The lowest BCUT2D eigenvalue weighted by Crippen LogP contribution is -2.46. The summed E-state index contributed by atoms with van der Waals surface area (Å²) in [6.07, 6.45) is 5.65. The highest BCUT2D eigenvalue weighted by Gasteiger charge is 2.39. The molecule has 0 spiro atoms. The Hall–Kier alpha value is -1.94. The van der Waals surface area contributed by atoms with Crippen LogP contribution in [0, 0.1) is 17.3 Å². The van der Waals surface area contributed by atoms with E-state index in [1.54, 1.807) is 12.1 Å². The van der Waals surface area contributed by atoms with E-state index in [9.17, 15) is 9.59 Å². The zero-order valence-corrected chi connectivity index (χ0v) is 15.0. The lowest BCUT2D eigenvalue weighted by Gasteiger charge is -2.39. The largest absolute Gasteiger partial charge is 0.299 e. The second-order valence-electron chi connectivity index (χ2n) is 7.49. The molecule has 0 heterocycles. The average Bonchev–Trinajstić information content (AvgIpc) is 2.52. The number of benzene rings is 1. The Morgan fingerprint density at radius 2 is 1.92 bits per heavy atom. The van der Waals surface area contributed by atoms with Crippen LogP contribution in [0.25, 0.3) is 0 Å². The Labute approximate surface area is 144 Å². The van der Waals surface area contributed by atoms with Crippen LogP contribution in [0.3, 0.4) is 0 Å². The molecular weight excluding hydrogens is 300 g/mol. The molecule has 0 radical (unpaired) electrons. The van der Waals surface area contributed by atoms with Crippen LogP contribution in [-0.2, 0) is 4.79 Å². The average molecular weight is 328 g/mol. The van der Waals surface area contributed by atoms with Gasteiger partial charge in [0, 0.05) is 23.9 Å². The molecule has 4 heteroatoms. The molecule has 2 rings (SSSR count). The molecule has 3 atom stereocenters. The summed E-state index contributed by atoms with van der Waals surface area (Å²) in [7, 11) is 0.